The number of methoxy groups -OCH3 is 1. The second kappa shape index (κ2) is 13.3. The average molecular weight is 644 g/mol. The van der Waals surface area contributed by atoms with Gasteiger partial charge in [0.1, 0.15) is 18.1 Å². The van der Waals surface area contributed by atoms with Crippen LogP contribution in [0.5, 0.6) is 11.5 Å². The summed E-state index contributed by atoms with van der Waals surface area (Å²) in [7, 11) is 1.61. The number of aryl methyl sites for hydroxylation is 4. The van der Waals surface area contributed by atoms with Gasteiger partial charge in [-0.1, -0.05) is 71.5 Å². The van der Waals surface area contributed by atoms with Gasteiger partial charge in [0.2, 0.25) is 0 Å². The van der Waals surface area contributed by atoms with Gasteiger partial charge >= 0.3 is 0 Å². The standard InChI is InChI=1S/C39H37N3O4S/c1-23-18-25(3)32(26(4)19-23)22-46-31-16-13-28(14-17-31)20-34-38(44)42-36(29-15-12-24(2)33(21-29)45-6)35(27(5)40-39(42)47-34)37(43)41-30-10-8-7-9-11-30/h7-21,36H,22H2,1-6H3,(H,41,43)/b34-20-/t36-/m1/s1. The molecule has 8 heteroatoms. The number of amides is 1. The fourth-order valence-electron chi connectivity index (χ4n) is 6.06. The van der Waals surface area contributed by atoms with Crippen LogP contribution in [0.15, 0.2) is 106 Å². The largest absolute Gasteiger partial charge is 0.496 e. The maximum absolute atomic E-state index is 14.1. The molecule has 2 heterocycles. The molecule has 1 aliphatic rings. The molecule has 0 bridgehead atoms. The number of rotatable bonds is 8. The zero-order chi connectivity index (χ0) is 33.2. The van der Waals surface area contributed by atoms with Crippen LogP contribution in [0.2, 0.25) is 0 Å². The number of benzene rings is 4. The molecule has 0 radical (unpaired) electrons. The van der Waals surface area contributed by atoms with Gasteiger partial charge in [0.15, 0.2) is 4.80 Å². The Bertz CT molecular complexity index is 2170. The summed E-state index contributed by atoms with van der Waals surface area (Å²) in [5.41, 5.74) is 8.82. The smallest absolute Gasteiger partial charge is 0.271 e. The molecule has 1 amide bonds. The predicted molar refractivity (Wildman–Crippen MR) is 188 cm³/mol. The normalized spacial score (nSPS) is 14.4. The highest BCUT2D eigenvalue weighted by Gasteiger charge is 2.33. The number of allylic oxidation sites excluding steroid dienone is 1. The minimum Gasteiger partial charge on any atom is -0.496 e. The van der Waals surface area contributed by atoms with E-state index in [0.29, 0.717) is 38.6 Å². The fraction of sp³-hybridized carbons (Fsp3) is 0.205. The molecule has 6 rings (SSSR count). The van der Waals surface area contributed by atoms with Gasteiger partial charge in [-0.2, -0.15) is 0 Å². The van der Waals surface area contributed by atoms with E-state index in [0.717, 1.165) is 22.4 Å². The third kappa shape index (κ3) is 6.55. The highest BCUT2D eigenvalue weighted by Crippen LogP contribution is 2.33. The number of carbonyl (C=O) groups is 1. The minimum absolute atomic E-state index is 0.221. The SMILES string of the molecule is COc1cc([C@@H]2C(C(=O)Nc3ccccc3)=C(C)N=c3s/c(=C\c4ccc(OCc5c(C)cc(C)cc5C)cc4)c(=O)n32)ccc1C. The number of hydrogen-bond acceptors (Lipinski definition) is 6. The van der Waals surface area contributed by atoms with Gasteiger partial charge in [0.05, 0.1) is 29.0 Å². The van der Waals surface area contributed by atoms with E-state index in [4.69, 9.17) is 14.5 Å². The number of anilines is 1. The first-order valence-electron chi connectivity index (χ1n) is 15.5. The molecule has 0 unspecified atom stereocenters. The molecule has 5 aromatic rings. The number of para-hydroxylation sites is 1. The average Bonchev–Trinajstić information content (AvgIpc) is 3.35. The van der Waals surface area contributed by atoms with E-state index in [9.17, 15) is 9.59 Å². The number of hydrogen-bond donors (Lipinski definition) is 1. The molecule has 0 spiro atoms. The van der Waals surface area contributed by atoms with Crippen molar-refractivity contribution >= 4 is 29.0 Å². The molecule has 0 fully saturated rings. The van der Waals surface area contributed by atoms with Crippen molar-refractivity contribution in [1.29, 1.82) is 0 Å². The second-order valence-electron chi connectivity index (χ2n) is 11.9. The molecule has 7 nitrogen and oxygen atoms in total. The summed E-state index contributed by atoms with van der Waals surface area (Å²) in [6, 6.07) is 26.4. The van der Waals surface area contributed by atoms with Crippen LogP contribution < -0.4 is 29.7 Å². The van der Waals surface area contributed by atoms with Gasteiger partial charge < -0.3 is 14.8 Å². The molecule has 47 heavy (non-hydrogen) atoms. The van der Waals surface area contributed by atoms with E-state index in [1.807, 2.05) is 92.7 Å². The molecular formula is C39H37N3O4S. The summed E-state index contributed by atoms with van der Waals surface area (Å²) in [5, 5.41) is 2.99. The number of nitrogens with zero attached hydrogens (tertiary/aromatic N) is 2. The summed E-state index contributed by atoms with van der Waals surface area (Å²) < 4.78 is 13.9. The van der Waals surface area contributed by atoms with Crippen LogP contribution in [0.25, 0.3) is 6.08 Å². The Balaban J connectivity index is 1.35. The Morgan fingerprint density at radius 3 is 2.30 bits per heavy atom. The Morgan fingerprint density at radius 2 is 1.62 bits per heavy atom. The van der Waals surface area contributed by atoms with Crippen LogP contribution in [0.1, 0.15) is 51.9 Å². The zero-order valence-electron chi connectivity index (χ0n) is 27.4. The van der Waals surface area contributed by atoms with Crippen molar-refractivity contribution in [2.45, 2.75) is 47.3 Å². The van der Waals surface area contributed by atoms with Crippen molar-refractivity contribution in [2.24, 2.45) is 4.99 Å². The highest BCUT2D eigenvalue weighted by atomic mass is 32.1. The van der Waals surface area contributed by atoms with Crippen molar-refractivity contribution in [3.05, 3.63) is 155 Å². The van der Waals surface area contributed by atoms with Gasteiger partial charge in [-0.25, -0.2) is 4.99 Å². The van der Waals surface area contributed by atoms with Crippen molar-refractivity contribution in [3.8, 4) is 11.5 Å². The van der Waals surface area contributed by atoms with E-state index in [-0.39, 0.29) is 11.5 Å². The van der Waals surface area contributed by atoms with E-state index in [1.165, 1.54) is 33.6 Å². The molecule has 0 saturated carbocycles. The number of thiazole rings is 1. The summed E-state index contributed by atoms with van der Waals surface area (Å²) in [5.74, 6) is 1.11. The lowest BCUT2D eigenvalue weighted by molar-refractivity contribution is -0.113. The van der Waals surface area contributed by atoms with Crippen molar-refractivity contribution in [1.82, 2.24) is 4.57 Å². The molecular weight excluding hydrogens is 607 g/mol. The first kappa shape index (κ1) is 31.8. The summed E-state index contributed by atoms with van der Waals surface area (Å²) in [6.45, 7) is 10.6. The Labute approximate surface area is 278 Å². The predicted octanol–water partition coefficient (Wildman–Crippen LogP) is 6.70. The van der Waals surface area contributed by atoms with E-state index in [1.54, 1.807) is 11.7 Å². The number of carbonyl (C=O) groups excluding carboxylic acids is 1. The minimum atomic E-state index is -0.698. The Kier molecular flexibility index (Phi) is 8.96. The molecule has 1 aliphatic heterocycles. The van der Waals surface area contributed by atoms with E-state index in [2.05, 4.69) is 38.2 Å². The van der Waals surface area contributed by atoms with Crippen LogP contribution in [0.4, 0.5) is 5.69 Å². The third-order valence-electron chi connectivity index (χ3n) is 8.45. The van der Waals surface area contributed by atoms with Crippen LogP contribution in [-0.2, 0) is 11.4 Å². The van der Waals surface area contributed by atoms with Gasteiger partial charge in [0, 0.05) is 5.69 Å². The van der Waals surface area contributed by atoms with Crippen LogP contribution in [-0.4, -0.2) is 17.6 Å². The van der Waals surface area contributed by atoms with Crippen LogP contribution >= 0.6 is 11.3 Å². The molecule has 1 aromatic heterocycles. The molecule has 1 N–H and O–H groups in total. The highest BCUT2D eigenvalue weighted by molar-refractivity contribution is 7.07. The number of ether oxygens (including phenoxy) is 2. The van der Waals surface area contributed by atoms with Crippen molar-refractivity contribution in [2.75, 3.05) is 12.4 Å². The fourth-order valence-corrected chi connectivity index (χ4v) is 7.11. The lowest BCUT2D eigenvalue weighted by Crippen LogP contribution is -2.40. The monoisotopic (exact) mass is 643 g/mol. The quantitative estimate of drug-likeness (QED) is 0.204. The Morgan fingerprint density at radius 1 is 0.915 bits per heavy atom. The third-order valence-corrected chi connectivity index (χ3v) is 9.43. The second-order valence-corrected chi connectivity index (χ2v) is 12.9. The number of aromatic nitrogens is 1. The van der Waals surface area contributed by atoms with Crippen LogP contribution in [0.3, 0.4) is 0 Å². The first-order valence-corrected chi connectivity index (χ1v) is 16.3. The maximum Gasteiger partial charge on any atom is 0.271 e. The van der Waals surface area contributed by atoms with Gasteiger partial charge in [0.25, 0.3) is 11.5 Å². The van der Waals surface area contributed by atoms with Crippen LogP contribution in [0, 0.1) is 27.7 Å². The van der Waals surface area contributed by atoms with Crippen molar-refractivity contribution in [3.63, 3.8) is 0 Å². The molecule has 4 aromatic carbocycles. The van der Waals surface area contributed by atoms with Gasteiger partial charge in [-0.05, 0) is 104 Å². The summed E-state index contributed by atoms with van der Waals surface area (Å²) in [6.07, 6.45) is 1.86. The van der Waals surface area contributed by atoms with Crippen molar-refractivity contribution < 1.29 is 14.3 Å². The number of nitrogens with one attached hydrogen (secondary N) is 1. The lowest BCUT2D eigenvalue weighted by atomic mass is 9.94. The molecule has 0 saturated heterocycles. The topological polar surface area (TPSA) is 81.9 Å². The number of fused-ring (bicyclic) bond motifs is 1. The zero-order valence-corrected chi connectivity index (χ0v) is 28.2. The first-order chi connectivity index (χ1) is 22.6. The van der Waals surface area contributed by atoms with E-state index >= 15 is 0 Å². The summed E-state index contributed by atoms with van der Waals surface area (Å²) in [4.78, 5) is 33.3. The maximum atomic E-state index is 14.1. The van der Waals surface area contributed by atoms with Gasteiger partial charge in [-0.15, -0.1) is 0 Å². The lowest BCUT2D eigenvalue weighted by Gasteiger charge is -2.26. The molecule has 1 atom stereocenters. The van der Waals surface area contributed by atoms with E-state index < -0.39 is 6.04 Å². The Hall–Kier alpha value is -5.21. The molecule has 238 valence electrons. The summed E-state index contributed by atoms with van der Waals surface area (Å²) >= 11 is 1.31. The van der Waals surface area contributed by atoms with Gasteiger partial charge in [-0.3, -0.25) is 14.2 Å². The molecule has 0 aliphatic carbocycles.